The average Bonchev–Trinajstić information content (AvgIpc) is 3.09. The van der Waals surface area contributed by atoms with E-state index in [0.29, 0.717) is 34.3 Å². The standard InChI is InChI=1S/C18H15Cl2N3O2S/c19-13-2-1-3-14(20)11(13)4-5-16-22-18(25-23-16)12-8-10-9-26-7-6-15(10)21-17(12)24/h1-3,8H,4-7,9H2,(H,21,24). The average molecular weight is 408 g/mol. The SMILES string of the molecule is O=c1[nH]c2c(cc1-c1nc(CCc3c(Cl)cccc3Cl)no1)CSCC2. The molecule has 0 aliphatic carbocycles. The minimum atomic E-state index is -0.194. The third-order valence-electron chi connectivity index (χ3n) is 4.33. The quantitative estimate of drug-likeness (QED) is 0.697. The van der Waals surface area contributed by atoms with Gasteiger partial charge in [0, 0.05) is 27.9 Å². The number of H-pyrrole nitrogens is 1. The summed E-state index contributed by atoms with van der Waals surface area (Å²) < 4.78 is 5.32. The van der Waals surface area contributed by atoms with Gasteiger partial charge in [0.15, 0.2) is 5.82 Å². The number of aryl methyl sites for hydroxylation is 2. The highest BCUT2D eigenvalue weighted by Crippen LogP contribution is 2.27. The van der Waals surface area contributed by atoms with Crippen LogP contribution in [0, 0.1) is 0 Å². The van der Waals surface area contributed by atoms with E-state index in [1.54, 1.807) is 18.2 Å². The summed E-state index contributed by atoms with van der Waals surface area (Å²) in [5.74, 6) is 2.66. The normalized spacial score (nSPS) is 13.6. The number of thioether (sulfide) groups is 1. The van der Waals surface area contributed by atoms with Crippen LogP contribution in [0.2, 0.25) is 10.0 Å². The molecule has 8 heteroatoms. The monoisotopic (exact) mass is 407 g/mol. The van der Waals surface area contributed by atoms with Gasteiger partial charge in [-0.25, -0.2) is 0 Å². The summed E-state index contributed by atoms with van der Waals surface area (Å²) in [7, 11) is 0. The molecule has 0 saturated carbocycles. The molecule has 1 aliphatic rings. The first kappa shape index (κ1) is 17.6. The zero-order valence-corrected chi connectivity index (χ0v) is 16.0. The number of halogens is 2. The number of fused-ring (bicyclic) bond motifs is 1. The first-order chi connectivity index (χ1) is 12.6. The molecule has 4 rings (SSSR count). The van der Waals surface area contributed by atoms with Crippen molar-refractivity contribution in [3.63, 3.8) is 0 Å². The minimum Gasteiger partial charge on any atom is -0.334 e. The molecule has 5 nitrogen and oxygen atoms in total. The summed E-state index contributed by atoms with van der Waals surface area (Å²) in [5.41, 5.74) is 3.20. The van der Waals surface area contributed by atoms with Crippen molar-refractivity contribution in [2.24, 2.45) is 0 Å². The van der Waals surface area contributed by atoms with Crippen LogP contribution in [0.4, 0.5) is 0 Å². The Morgan fingerprint density at radius 1 is 1.23 bits per heavy atom. The van der Waals surface area contributed by atoms with Gasteiger partial charge in [0.25, 0.3) is 11.4 Å². The minimum absolute atomic E-state index is 0.194. The summed E-state index contributed by atoms with van der Waals surface area (Å²) in [6, 6.07) is 7.27. The Labute approximate surface area is 164 Å². The van der Waals surface area contributed by atoms with Crippen molar-refractivity contribution in [3.8, 4) is 11.5 Å². The topological polar surface area (TPSA) is 71.8 Å². The Morgan fingerprint density at radius 3 is 2.85 bits per heavy atom. The molecule has 1 N–H and O–H groups in total. The molecule has 0 radical (unpaired) electrons. The second-order valence-corrected chi connectivity index (χ2v) is 7.95. The molecule has 0 atom stereocenters. The first-order valence-electron chi connectivity index (χ1n) is 8.20. The van der Waals surface area contributed by atoms with Gasteiger partial charge < -0.3 is 9.51 Å². The maximum atomic E-state index is 12.3. The lowest BCUT2D eigenvalue weighted by Crippen LogP contribution is -2.17. The lowest BCUT2D eigenvalue weighted by molar-refractivity contribution is 0.422. The van der Waals surface area contributed by atoms with Gasteiger partial charge in [0.1, 0.15) is 5.56 Å². The maximum absolute atomic E-state index is 12.3. The number of benzene rings is 1. The van der Waals surface area contributed by atoms with E-state index in [2.05, 4.69) is 15.1 Å². The molecule has 0 fully saturated rings. The van der Waals surface area contributed by atoms with Crippen molar-refractivity contribution >= 4 is 35.0 Å². The molecule has 0 amide bonds. The van der Waals surface area contributed by atoms with Crippen molar-refractivity contribution in [3.05, 3.63) is 67.3 Å². The van der Waals surface area contributed by atoms with Crippen LogP contribution in [-0.2, 0) is 25.0 Å². The Hall–Kier alpha value is -1.76. The van der Waals surface area contributed by atoms with E-state index in [1.165, 1.54) is 0 Å². The summed E-state index contributed by atoms with van der Waals surface area (Å²) >= 11 is 14.2. The summed E-state index contributed by atoms with van der Waals surface area (Å²) in [6.45, 7) is 0. The molecule has 1 aliphatic heterocycles. The van der Waals surface area contributed by atoms with Gasteiger partial charge >= 0.3 is 0 Å². The van der Waals surface area contributed by atoms with Crippen LogP contribution in [0.1, 0.15) is 22.6 Å². The first-order valence-corrected chi connectivity index (χ1v) is 10.1. The largest absolute Gasteiger partial charge is 0.334 e. The highest BCUT2D eigenvalue weighted by atomic mass is 35.5. The predicted molar refractivity (Wildman–Crippen MR) is 104 cm³/mol. The molecule has 0 spiro atoms. The second kappa shape index (κ2) is 7.47. The zero-order valence-electron chi connectivity index (χ0n) is 13.7. The van der Waals surface area contributed by atoms with E-state index in [4.69, 9.17) is 27.7 Å². The van der Waals surface area contributed by atoms with Crippen LogP contribution < -0.4 is 5.56 Å². The highest BCUT2D eigenvalue weighted by molar-refractivity contribution is 7.98. The van der Waals surface area contributed by atoms with Gasteiger partial charge in [-0.1, -0.05) is 34.4 Å². The van der Waals surface area contributed by atoms with Crippen LogP contribution >= 0.6 is 35.0 Å². The van der Waals surface area contributed by atoms with Crippen molar-refractivity contribution in [1.82, 2.24) is 15.1 Å². The van der Waals surface area contributed by atoms with E-state index in [-0.39, 0.29) is 11.4 Å². The van der Waals surface area contributed by atoms with E-state index in [9.17, 15) is 4.79 Å². The third-order valence-corrected chi connectivity index (χ3v) is 6.04. The van der Waals surface area contributed by atoms with E-state index in [1.807, 2.05) is 17.8 Å². The fraction of sp³-hybridized carbons (Fsp3) is 0.278. The molecular formula is C18H15Cl2N3O2S. The second-order valence-electron chi connectivity index (χ2n) is 6.03. The Morgan fingerprint density at radius 2 is 2.04 bits per heavy atom. The Balaban J connectivity index is 1.56. The smallest absolute Gasteiger partial charge is 0.263 e. The van der Waals surface area contributed by atoms with Gasteiger partial charge in [-0.05, 0) is 47.9 Å². The number of hydrogen-bond donors (Lipinski definition) is 1. The molecule has 1 aromatic carbocycles. The Kier molecular flexibility index (Phi) is 5.07. The molecule has 26 heavy (non-hydrogen) atoms. The predicted octanol–water partition coefficient (Wildman–Crippen LogP) is 4.31. The fourth-order valence-electron chi connectivity index (χ4n) is 2.95. The number of nitrogens with one attached hydrogen (secondary N) is 1. The number of nitrogens with zero attached hydrogens (tertiary/aromatic N) is 2. The van der Waals surface area contributed by atoms with Crippen molar-refractivity contribution in [1.29, 1.82) is 0 Å². The Bertz CT molecular complexity index is 996. The van der Waals surface area contributed by atoms with Crippen LogP contribution in [0.3, 0.4) is 0 Å². The van der Waals surface area contributed by atoms with Crippen LogP contribution in [0.25, 0.3) is 11.5 Å². The summed E-state index contributed by atoms with van der Waals surface area (Å²) in [4.78, 5) is 19.7. The van der Waals surface area contributed by atoms with E-state index >= 15 is 0 Å². The molecule has 134 valence electrons. The summed E-state index contributed by atoms with van der Waals surface area (Å²) in [5, 5.41) is 5.22. The van der Waals surface area contributed by atoms with Gasteiger partial charge in [-0.15, -0.1) is 0 Å². The number of rotatable bonds is 4. The molecular weight excluding hydrogens is 393 g/mol. The van der Waals surface area contributed by atoms with Gasteiger partial charge in [-0.2, -0.15) is 16.7 Å². The lowest BCUT2D eigenvalue weighted by Gasteiger charge is -2.14. The van der Waals surface area contributed by atoms with Gasteiger partial charge in [-0.3, -0.25) is 4.79 Å². The highest BCUT2D eigenvalue weighted by Gasteiger charge is 2.18. The molecule has 0 bridgehead atoms. The van der Waals surface area contributed by atoms with Crippen molar-refractivity contribution in [2.75, 3.05) is 5.75 Å². The molecule has 3 heterocycles. The maximum Gasteiger partial charge on any atom is 0.263 e. The van der Waals surface area contributed by atoms with Gasteiger partial charge in [0.2, 0.25) is 0 Å². The fourth-order valence-corrected chi connectivity index (χ4v) is 4.51. The van der Waals surface area contributed by atoms with Crippen molar-refractivity contribution < 1.29 is 4.52 Å². The molecule has 0 saturated heterocycles. The van der Waals surface area contributed by atoms with E-state index < -0.39 is 0 Å². The van der Waals surface area contributed by atoms with Crippen LogP contribution in [0.5, 0.6) is 0 Å². The molecule has 3 aromatic rings. The van der Waals surface area contributed by atoms with Crippen LogP contribution in [0.15, 0.2) is 33.6 Å². The number of aromatic amines is 1. The number of pyridine rings is 1. The van der Waals surface area contributed by atoms with Gasteiger partial charge in [0.05, 0.1) is 0 Å². The van der Waals surface area contributed by atoms with Crippen LogP contribution in [-0.4, -0.2) is 20.9 Å². The van der Waals surface area contributed by atoms with Crippen molar-refractivity contribution in [2.45, 2.75) is 25.0 Å². The molecule has 2 aromatic heterocycles. The summed E-state index contributed by atoms with van der Waals surface area (Å²) in [6.07, 6.45) is 1.99. The molecule has 0 unspecified atom stereocenters. The lowest BCUT2D eigenvalue weighted by atomic mass is 10.1. The number of hydrogen-bond acceptors (Lipinski definition) is 5. The van der Waals surface area contributed by atoms with E-state index in [0.717, 1.165) is 34.7 Å². The third kappa shape index (κ3) is 3.54. The zero-order chi connectivity index (χ0) is 18.1. The number of aromatic nitrogens is 3.